The number of carbonyl (C=O) groups is 3. The van der Waals surface area contributed by atoms with Crippen LogP contribution in [-0.4, -0.2) is 58.8 Å². The number of hydrogen-bond acceptors (Lipinski definition) is 6. The smallest absolute Gasteiger partial charge is 0.328 e. The summed E-state index contributed by atoms with van der Waals surface area (Å²) < 4.78 is 5.61. The zero-order chi connectivity index (χ0) is 24.5. The third kappa shape index (κ3) is 8.05. The molecule has 2 amide bonds. The number of aliphatic hydroxyl groups is 1. The van der Waals surface area contributed by atoms with Crippen molar-refractivity contribution in [3.05, 3.63) is 64.7 Å². The van der Waals surface area contributed by atoms with Crippen LogP contribution < -0.4 is 21.1 Å². The molecule has 0 saturated carbocycles. The zero-order valence-corrected chi connectivity index (χ0v) is 19.1. The Labute approximate surface area is 196 Å². The van der Waals surface area contributed by atoms with Crippen molar-refractivity contribution < 1.29 is 29.3 Å². The van der Waals surface area contributed by atoms with Gasteiger partial charge in [-0.1, -0.05) is 41.9 Å². The van der Waals surface area contributed by atoms with Gasteiger partial charge in [0, 0.05) is 17.5 Å². The van der Waals surface area contributed by atoms with Crippen molar-refractivity contribution in [1.82, 2.24) is 10.6 Å². The number of halogens is 1. The van der Waals surface area contributed by atoms with E-state index in [9.17, 15) is 24.6 Å². The average Bonchev–Trinajstić information content (AvgIpc) is 2.75. The molecule has 2 rings (SSSR count). The minimum atomic E-state index is -1.53. The summed E-state index contributed by atoms with van der Waals surface area (Å²) in [5.74, 6) is -2.57. The lowest BCUT2D eigenvalue weighted by Crippen LogP contribution is -2.55. The fourth-order valence-electron chi connectivity index (χ4n) is 2.96. The van der Waals surface area contributed by atoms with E-state index in [1.54, 1.807) is 37.3 Å². The van der Waals surface area contributed by atoms with Gasteiger partial charge in [0.05, 0.1) is 11.7 Å². The van der Waals surface area contributed by atoms with Crippen LogP contribution >= 0.6 is 11.6 Å². The maximum absolute atomic E-state index is 13.1. The Morgan fingerprint density at radius 1 is 1.09 bits per heavy atom. The lowest BCUT2D eigenvalue weighted by atomic mass is 10.0. The number of carbonyl (C=O) groups excluding carboxylic acids is 2. The minimum Gasteiger partial charge on any atom is -0.491 e. The molecule has 178 valence electrons. The van der Waals surface area contributed by atoms with Crippen LogP contribution in [0.2, 0.25) is 5.02 Å². The molecule has 0 bridgehead atoms. The largest absolute Gasteiger partial charge is 0.491 e. The highest BCUT2D eigenvalue weighted by atomic mass is 35.5. The Morgan fingerprint density at radius 3 is 2.33 bits per heavy atom. The summed E-state index contributed by atoms with van der Waals surface area (Å²) in [7, 11) is 0. The van der Waals surface area contributed by atoms with E-state index in [2.05, 4.69) is 10.6 Å². The molecule has 9 nitrogen and oxygen atoms in total. The van der Waals surface area contributed by atoms with E-state index in [1.807, 2.05) is 0 Å². The number of aliphatic carboxylic acids is 1. The second kappa shape index (κ2) is 12.2. The van der Waals surface area contributed by atoms with Crippen LogP contribution in [0.15, 0.2) is 48.5 Å². The molecule has 4 atom stereocenters. The van der Waals surface area contributed by atoms with Crippen LogP contribution in [0.3, 0.4) is 0 Å². The number of carboxylic acid groups (broad SMARTS) is 1. The van der Waals surface area contributed by atoms with E-state index in [0.717, 1.165) is 5.56 Å². The summed E-state index contributed by atoms with van der Waals surface area (Å²) in [5.41, 5.74) is 6.60. The van der Waals surface area contributed by atoms with Gasteiger partial charge in [-0.3, -0.25) is 9.59 Å². The Balaban J connectivity index is 2.29. The van der Waals surface area contributed by atoms with Gasteiger partial charge in [0.15, 0.2) is 6.04 Å². The first-order chi connectivity index (χ1) is 15.6. The highest BCUT2D eigenvalue weighted by Gasteiger charge is 2.30. The van der Waals surface area contributed by atoms with Crippen molar-refractivity contribution in [3.63, 3.8) is 0 Å². The predicted octanol–water partition coefficient (Wildman–Crippen LogP) is 1.36. The van der Waals surface area contributed by atoms with Crippen LogP contribution in [0, 0.1) is 0 Å². The first-order valence-corrected chi connectivity index (χ1v) is 10.7. The first kappa shape index (κ1) is 26.1. The third-order valence-corrected chi connectivity index (χ3v) is 4.88. The Morgan fingerprint density at radius 2 is 1.76 bits per heavy atom. The average molecular weight is 478 g/mol. The Hall–Kier alpha value is -3.14. The van der Waals surface area contributed by atoms with Gasteiger partial charge in [0.1, 0.15) is 18.4 Å². The van der Waals surface area contributed by atoms with Crippen molar-refractivity contribution in [2.45, 2.75) is 44.5 Å². The van der Waals surface area contributed by atoms with Crippen LogP contribution in [0.1, 0.15) is 29.8 Å². The van der Waals surface area contributed by atoms with E-state index >= 15 is 0 Å². The normalized spacial score (nSPS) is 14.5. The van der Waals surface area contributed by atoms with Gasteiger partial charge in [-0.05, 0) is 37.6 Å². The van der Waals surface area contributed by atoms with Crippen molar-refractivity contribution in [3.8, 4) is 5.75 Å². The van der Waals surface area contributed by atoms with Gasteiger partial charge < -0.3 is 31.3 Å². The molecule has 0 radical (unpaired) electrons. The van der Waals surface area contributed by atoms with E-state index in [1.165, 1.54) is 25.1 Å². The van der Waals surface area contributed by atoms with E-state index in [0.29, 0.717) is 5.02 Å². The molecular weight excluding hydrogens is 450 g/mol. The fourth-order valence-corrected chi connectivity index (χ4v) is 3.12. The molecule has 2 aromatic rings. The van der Waals surface area contributed by atoms with Crippen molar-refractivity contribution in [2.75, 3.05) is 6.61 Å². The van der Waals surface area contributed by atoms with Crippen molar-refractivity contribution in [1.29, 1.82) is 0 Å². The van der Waals surface area contributed by atoms with Crippen LogP contribution in [-0.2, 0) is 16.0 Å². The maximum atomic E-state index is 13.1. The van der Waals surface area contributed by atoms with Crippen LogP contribution in [0.4, 0.5) is 0 Å². The summed E-state index contributed by atoms with van der Waals surface area (Å²) >= 11 is 6.03. The number of amides is 2. The lowest BCUT2D eigenvalue weighted by molar-refractivity contribution is -0.145. The van der Waals surface area contributed by atoms with Gasteiger partial charge in [0.2, 0.25) is 5.91 Å². The number of nitrogens with one attached hydrogen (secondary N) is 2. The highest BCUT2D eigenvalue weighted by molar-refractivity contribution is 6.30. The molecule has 0 saturated heterocycles. The van der Waals surface area contributed by atoms with E-state index < -0.39 is 36.0 Å². The third-order valence-electron chi connectivity index (χ3n) is 4.64. The first-order valence-electron chi connectivity index (χ1n) is 10.3. The topological polar surface area (TPSA) is 151 Å². The zero-order valence-electron chi connectivity index (χ0n) is 18.3. The SMILES string of the molecule is C[C@@H](N)COc1cc(Cl)ccc1C(=O)N[C@@H](Cc1ccccc1)C(=O)N[C@H](C(=O)O)[C@@H](C)O. The molecular formula is C23H28ClN3O6. The van der Waals surface area contributed by atoms with Gasteiger partial charge in [-0.25, -0.2) is 4.79 Å². The number of ether oxygens (including phenoxy) is 1. The highest BCUT2D eigenvalue weighted by Crippen LogP contribution is 2.24. The number of benzene rings is 2. The molecule has 0 unspecified atom stereocenters. The molecule has 0 aromatic heterocycles. The molecule has 0 aliphatic heterocycles. The number of aliphatic hydroxyl groups excluding tert-OH is 1. The minimum absolute atomic E-state index is 0.0914. The predicted molar refractivity (Wildman–Crippen MR) is 123 cm³/mol. The van der Waals surface area contributed by atoms with Crippen molar-refractivity contribution in [2.24, 2.45) is 5.73 Å². The molecule has 0 aliphatic rings. The van der Waals surface area contributed by atoms with Crippen LogP contribution in [0.5, 0.6) is 5.75 Å². The van der Waals surface area contributed by atoms with E-state index in [-0.39, 0.29) is 30.4 Å². The molecule has 6 N–H and O–H groups in total. The molecule has 0 aliphatic carbocycles. The van der Waals surface area contributed by atoms with Gasteiger partial charge in [-0.2, -0.15) is 0 Å². The van der Waals surface area contributed by atoms with Gasteiger partial charge in [0.25, 0.3) is 5.91 Å². The second-order valence-corrected chi connectivity index (χ2v) is 8.15. The van der Waals surface area contributed by atoms with Gasteiger partial charge in [-0.15, -0.1) is 0 Å². The summed E-state index contributed by atoms with van der Waals surface area (Å²) in [6.07, 6.45) is -1.25. The standard InChI is InChI=1S/C23H28ClN3O6/c1-13(25)12-33-19-11-16(24)8-9-17(19)21(29)26-18(10-15-6-4-3-5-7-15)22(30)27-20(14(2)28)23(31)32/h3-9,11,13-14,18,20,28H,10,12,25H2,1-2H3,(H,26,29)(H,27,30)(H,31,32)/t13-,14-,18+,20+/m1/s1. The number of carboxylic acids is 1. The number of rotatable bonds is 11. The van der Waals surface area contributed by atoms with Crippen LogP contribution in [0.25, 0.3) is 0 Å². The quantitative estimate of drug-likeness (QED) is 0.327. The maximum Gasteiger partial charge on any atom is 0.328 e. The summed E-state index contributed by atoms with van der Waals surface area (Å²) in [6.45, 7) is 3.13. The summed E-state index contributed by atoms with van der Waals surface area (Å²) in [6, 6.07) is 10.4. The lowest BCUT2D eigenvalue weighted by Gasteiger charge is -2.23. The summed E-state index contributed by atoms with van der Waals surface area (Å²) in [5, 5.41) is 24.3. The molecule has 33 heavy (non-hydrogen) atoms. The molecule has 0 heterocycles. The molecule has 0 spiro atoms. The molecule has 2 aromatic carbocycles. The van der Waals surface area contributed by atoms with E-state index in [4.69, 9.17) is 22.1 Å². The number of hydrogen-bond donors (Lipinski definition) is 5. The summed E-state index contributed by atoms with van der Waals surface area (Å²) in [4.78, 5) is 37.4. The van der Waals surface area contributed by atoms with Crippen molar-refractivity contribution >= 4 is 29.4 Å². The Kier molecular flexibility index (Phi) is 9.65. The van der Waals surface area contributed by atoms with Gasteiger partial charge >= 0.3 is 5.97 Å². The monoisotopic (exact) mass is 477 g/mol. The Bertz CT molecular complexity index is 968. The second-order valence-electron chi connectivity index (χ2n) is 7.71. The molecule has 0 fully saturated rings. The number of nitrogens with two attached hydrogens (primary N) is 1. The molecule has 10 heteroatoms. The fraction of sp³-hybridized carbons (Fsp3) is 0.348.